The Bertz CT molecular complexity index is 836. The van der Waals surface area contributed by atoms with E-state index in [2.05, 4.69) is 38.9 Å². The number of hydrogen-bond acceptors (Lipinski definition) is 2. The van der Waals surface area contributed by atoms with E-state index in [0.717, 1.165) is 42.1 Å². The standard InChI is InChI=1S/C28H43N3/c1-5-28-13-10-19(2)14-22(28)6-7-23-25-9-8-24(27(25,4)12-11-26(23)28)20(3)17-31-18-21(15-29)16-30-31/h16,18-20,22-26H,5-14,17H2,1-4H3. The van der Waals surface area contributed by atoms with Gasteiger partial charge in [0.25, 0.3) is 0 Å². The average molecular weight is 422 g/mol. The predicted molar refractivity (Wildman–Crippen MR) is 125 cm³/mol. The second-order valence-electron chi connectivity index (χ2n) is 12.4. The summed E-state index contributed by atoms with van der Waals surface area (Å²) in [5, 5.41) is 13.6. The molecule has 1 aromatic rings. The molecule has 1 heterocycles. The van der Waals surface area contributed by atoms with E-state index >= 15 is 0 Å². The van der Waals surface area contributed by atoms with Crippen molar-refractivity contribution < 1.29 is 0 Å². The van der Waals surface area contributed by atoms with Crippen molar-refractivity contribution in [3.63, 3.8) is 0 Å². The lowest BCUT2D eigenvalue weighted by molar-refractivity contribution is -0.130. The fraction of sp³-hybridized carbons (Fsp3) is 0.857. The number of hydrogen-bond donors (Lipinski definition) is 0. The molecule has 4 aliphatic rings. The first-order valence-electron chi connectivity index (χ1n) is 13.3. The van der Waals surface area contributed by atoms with Crippen LogP contribution in [0.25, 0.3) is 0 Å². The van der Waals surface area contributed by atoms with E-state index in [1.807, 2.05) is 10.9 Å². The first-order valence-corrected chi connectivity index (χ1v) is 13.3. The predicted octanol–water partition coefficient (Wildman–Crippen LogP) is 7.08. The van der Waals surface area contributed by atoms with Gasteiger partial charge < -0.3 is 0 Å². The Kier molecular flexibility index (Phi) is 5.51. The van der Waals surface area contributed by atoms with E-state index in [4.69, 9.17) is 5.26 Å². The maximum absolute atomic E-state index is 9.14. The Morgan fingerprint density at radius 2 is 2.00 bits per heavy atom. The molecule has 9 unspecified atom stereocenters. The fourth-order valence-electron chi connectivity index (χ4n) is 9.89. The molecule has 1 aromatic heterocycles. The number of aromatic nitrogens is 2. The number of fused-ring (bicyclic) bond motifs is 5. The van der Waals surface area contributed by atoms with Gasteiger partial charge in [-0.15, -0.1) is 0 Å². The minimum atomic E-state index is 0.509. The van der Waals surface area contributed by atoms with E-state index in [-0.39, 0.29) is 0 Å². The molecule has 5 rings (SSSR count). The molecule has 3 nitrogen and oxygen atoms in total. The van der Waals surface area contributed by atoms with Gasteiger partial charge in [-0.25, -0.2) is 0 Å². The maximum atomic E-state index is 9.14. The third-order valence-electron chi connectivity index (χ3n) is 11.3. The zero-order chi connectivity index (χ0) is 21.8. The summed E-state index contributed by atoms with van der Waals surface area (Å²) in [6.07, 6.45) is 18.4. The first-order chi connectivity index (χ1) is 14.9. The molecule has 3 heteroatoms. The summed E-state index contributed by atoms with van der Waals surface area (Å²) in [6, 6.07) is 2.23. The Labute approximate surface area is 190 Å². The summed E-state index contributed by atoms with van der Waals surface area (Å²) in [6.45, 7) is 11.1. The minimum Gasteiger partial charge on any atom is -0.271 e. The lowest BCUT2D eigenvalue weighted by Crippen LogP contribution is -2.54. The summed E-state index contributed by atoms with van der Waals surface area (Å²) in [5.74, 6) is 6.32. The third-order valence-corrected chi connectivity index (χ3v) is 11.3. The van der Waals surface area contributed by atoms with Crippen LogP contribution in [0.1, 0.15) is 97.5 Å². The van der Waals surface area contributed by atoms with E-state index in [9.17, 15) is 0 Å². The zero-order valence-electron chi connectivity index (χ0n) is 20.3. The van der Waals surface area contributed by atoms with Gasteiger partial charge in [0.1, 0.15) is 6.07 Å². The van der Waals surface area contributed by atoms with E-state index in [1.54, 1.807) is 6.20 Å². The van der Waals surface area contributed by atoms with Gasteiger partial charge in [-0.05, 0) is 110 Å². The van der Waals surface area contributed by atoms with Crippen molar-refractivity contribution in [3.05, 3.63) is 18.0 Å². The highest BCUT2D eigenvalue weighted by molar-refractivity contribution is 5.21. The molecule has 4 fully saturated rings. The van der Waals surface area contributed by atoms with Crippen molar-refractivity contribution in [2.75, 3.05) is 0 Å². The van der Waals surface area contributed by atoms with Crippen LogP contribution in [-0.4, -0.2) is 9.78 Å². The summed E-state index contributed by atoms with van der Waals surface area (Å²) in [4.78, 5) is 0. The van der Waals surface area contributed by atoms with Crippen molar-refractivity contribution in [3.8, 4) is 6.07 Å². The SMILES string of the molecule is CCC12CCC(C)CC1CCC1C3CCC(C(C)Cn4cc(C#N)cn4)C3(C)CCC12. The van der Waals surface area contributed by atoms with Crippen LogP contribution >= 0.6 is 0 Å². The monoisotopic (exact) mass is 421 g/mol. The zero-order valence-corrected chi connectivity index (χ0v) is 20.3. The summed E-state index contributed by atoms with van der Waals surface area (Å²) < 4.78 is 2.02. The van der Waals surface area contributed by atoms with Crippen molar-refractivity contribution >= 4 is 0 Å². The molecule has 4 aliphatic carbocycles. The quantitative estimate of drug-likeness (QED) is 0.521. The van der Waals surface area contributed by atoms with Gasteiger partial charge in [0.05, 0.1) is 11.8 Å². The minimum absolute atomic E-state index is 0.509. The van der Waals surface area contributed by atoms with E-state index in [0.29, 0.717) is 22.3 Å². The summed E-state index contributed by atoms with van der Waals surface area (Å²) in [7, 11) is 0. The van der Waals surface area contributed by atoms with Crippen LogP contribution in [0, 0.1) is 63.6 Å². The van der Waals surface area contributed by atoms with Gasteiger partial charge in [0.15, 0.2) is 0 Å². The molecule has 0 N–H and O–H groups in total. The topological polar surface area (TPSA) is 41.6 Å². The maximum Gasteiger partial charge on any atom is 0.102 e. The molecule has 0 radical (unpaired) electrons. The Hall–Kier alpha value is -1.30. The number of nitrogens with zero attached hydrogens (tertiary/aromatic N) is 3. The van der Waals surface area contributed by atoms with Crippen LogP contribution in [-0.2, 0) is 6.54 Å². The van der Waals surface area contributed by atoms with E-state index in [1.165, 1.54) is 64.2 Å². The lowest BCUT2D eigenvalue weighted by Gasteiger charge is -2.62. The van der Waals surface area contributed by atoms with Crippen LogP contribution in [0.15, 0.2) is 12.4 Å². The highest BCUT2D eigenvalue weighted by Crippen LogP contribution is 2.69. The molecule has 170 valence electrons. The Morgan fingerprint density at radius 3 is 2.74 bits per heavy atom. The molecule has 0 aromatic carbocycles. The second kappa shape index (κ2) is 7.93. The first kappa shape index (κ1) is 21.5. The molecular formula is C28H43N3. The molecule has 4 saturated carbocycles. The summed E-state index contributed by atoms with van der Waals surface area (Å²) >= 11 is 0. The average Bonchev–Trinajstić information content (AvgIpc) is 3.36. The van der Waals surface area contributed by atoms with Crippen LogP contribution in [0.5, 0.6) is 0 Å². The van der Waals surface area contributed by atoms with Gasteiger partial charge in [0, 0.05) is 12.7 Å². The molecular weight excluding hydrogens is 378 g/mol. The molecule has 31 heavy (non-hydrogen) atoms. The van der Waals surface area contributed by atoms with Gasteiger partial charge in [0.2, 0.25) is 0 Å². The van der Waals surface area contributed by atoms with Crippen LogP contribution in [0.2, 0.25) is 0 Å². The normalized spacial score (nSPS) is 45.3. The smallest absolute Gasteiger partial charge is 0.102 e. The van der Waals surface area contributed by atoms with Crippen molar-refractivity contribution in [2.45, 2.75) is 98.4 Å². The largest absolute Gasteiger partial charge is 0.271 e. The molecule has 0 spiro atoms. The van der Waals surface area contributed by atoms with Gasteiger partial charge >= 0.3 is 0 Å². The van der Waals surface area contributed by atoms with Crippen molar-refractivity contribution in [1.82, 2.24) is 9.78 Å². The molecule has 0 amide bonds. The van der Waals surface area contributed by atoms with E-state index < -0.39 is 0 Å². The van der Waals surface area contributed by atoms with Gasteiger partial charge in [-0.3, -0.25) is 4.68 Å². The van der Waals surface area contributed by atoms with Gasteiger partial charge in [-0.1, -0.05) is 34.1 Å². The highest BCUT2D eigenvalue weighted by atomic mass is 15.3. The lowest BCUT2D eigenvalue weighted by atomic mass is 9.43. The third kappa shape index (κ3) is 3.30. The second-order valence-corrected chi connectivity index (χ2v) is 12.4. The van der Waals surface area contributed by atoms with Crippen molar-refractivity contribution in [2.24, 2.45) is 52.3 Å². The molecule has 0 aliphatic heterocycles. The molecule has 0 saturated heterocycles. The van der Waals surface area contributed by atoms with Crippen LogP contribution < -0.4 is 0 Å². The van der Waals surface area contributed by atoms with Crippen LogP contribution in [0.3, 0.4) is 0 Å². The van der Waals surface area contributed by atoms with Gasteiger partial charge in [-0.2, -0.15) is 10.4 Å². The number of nitriles is 1. The Balaban J connectivity index is 1.35. The van der Waals surface area contributed by atoms with Crippen LogP contribution in [0.4, 0.5) is 0 Å². The highest BCUT2D eigenvalue weighted by Gasteiger charge is 2.61. The van der Waals surface area contributed by atoms with Crippen molar-refractivity contribution in [1.29, 1.82) is 5.26 Å². The summed E-state index contributed by atoms with van der Waals surface area (Å²) in [5.41, 5.74) is 1.87. The number of rotatable bonds is 4. The molecule has 9 atom stereocenters. The molecule has 0 bridgehead atoms. The fourth-order valence-corrected chi connectivity index (χ4v) is 9.89. The Morgan fingerprint density at radius 1 is 1.16 bits per heavy atom.